The smallest absolute Gasteiger partial charge is 0.223 e. The molecular formula is C10H17NO2. The third-order valence-electron chi connectivity index (χ3n) is 3.22. The number of rotatable bonds is 3. The zero-order chi connectivity index (χ0) is 9.42. The molecule has 0 bridgehead atoms. The highest BCUT2D eigenvalue weighted by Gasteiger charge is 2.39. The summed E-state index contributed by atoms with van der Waals surface area (Å²) in [5.74, 6) is 1.61. The van der Waals surface area contributed by atoms with Crippen LogP contribution in [0.25, 0.3) is 0 Å². The molecule has 0 radical (unpaired) electrons. The summed E-state index contributed by atoms with van der Waals surface area (Å²) in [4.78, 5) is 11.4. The van der Waals surface area contributed by atoms with Crippen LogP contribution in [0.3, 0.4) is 0 Å². The van der Waals surface area contributed by atoms with Crippen LogP contribution in [0.5, 0.6) is 0 Å². The SMILES string of the molecule is CC1CC1C(=O)NCC1CC(O)C1. The van der Waals surface area contributed by atoms with Crippen LogP contribution in [-0.2, 0) is 4.79 Å². The molecule has 0 aromatic rings. The summed E-state index contributed by atoms with van der Waals surface area (Å²) in [6, 6.07) is 0. The molecule has 2 N–H and O–H groups in total. The number of carbonyl (C=O) groups excluding carboxylic acids is 1. The molecule has 0 heterocycles. The van der Waals surface area contributed by atoms with E-state index in [1.807, 2.05) is 0 Å². The predicted octanol–water partition coefficient (Wildman–Crippen LogP) is 0.529. The van der Waals surface area contributed by atoms with Crippen LogP contribution < -0.4 is 5.32 Å². The molecule has 0 aromatic carbocycles. The molecule has 2 fully saturated rings. The van der Waals surface area contributed by atoms with Gasteiger partial charge in [0.1, 0.15) is 0 Å². The Morgan fingerprint density at radius 1 is 1.46 bits per heavy atom. The Hall–Kier alpha value is -0.570. The number of hydrogen-bond acceptors (Lipinski definition) is 2. The average Bonchev–Trinajstić information content (AvgIpc) is 2.73. The number of hydrogen-bond donors (Lipinski definition) is 2. The van der Waals surface area contributed by atoms with Gasteiger partial charge in [-0.05, 0) is 31.1 Å². The maximum Gasteiger partial charge on any atom is 0.223 e. The summed E-state index contributed by atoms with van der Waals surface area (Å²) in [5.41, 5.74) is 0. The third kappa shape index (κ3) is 2.02. The third-order valence-corrected chi connectivity index (χ3v) is 3.22. The van der Waals surface area contributed by atoms with E-state index in [4.69, 9.17) is 5.11 Å². The number of aliphatic hydroxyl groups is 1. The first kappa shape index (κ1) is 9.00. The summed E-state index contributed by atoms with van der Waals surface area (Å²) >= 11 is 0. The minimum absolute atomic E-state index is 0.109. The van der Waals surface area contributed by atoms with Gasteiger partial charge in [-0.3, -0.25) is 4.79 Å². The monoisotopic (exact) mass is 183 g/mol. The van der Waals surface area contributed by atoms with Crippen molar-refractivity contribution in [2.24, 2.45) is 17.8 Å². The van der Waals surface area contributed by atoms with Gasteiger partial charge in [0.2, 0.25) is 5.91 Å². The molecule has 2 aliphatic carbocycles. The van der Waals surface area contributed by atoms with E-state index in [-0.39, 0.29) is 17.9 Å². The Morgan fingerprint density at radius 3 is 2.54 bits per heavy atom. The lowest BCUT2D eigenvalue weighted by Crippen LogP contribution is -2.39. The van der Waals surface area contributed by atoms with E-state index in [1.54, 1.807) is 0 Å². The van der Waals surface area contributed by atoms with Gasteiger partial charge in [0, 0.05) is 12.5 Å². The zero-order valence-corrected chi connectivity index (χ0v) is 7.99. The van der Waals surface area contributed by atoms with E-state index in [0.717, 1.165) is 25.8 Å². The molecule has 74 valence electrons. The molecular weight excluding hydrogens is 166 g/mol. The predicted molar refractivity (Wildman–Crippen MR) is 49.0 cm³/mol. The first-order chi connectivity index (χ1) is 6.16. The fraction of sp³-hybridized carbons (Fsp3) is 0.900. The van der Waals surface area contributed by atoms with Crippen LogP contribution in [0.1, 0.15) is 26.2 Å². The molecule has 2 saturated carbocycles. The molecule has 2 rings (SSSR count). The molecule has 2 unspecified atom stereocenters. The molecule has 1 amide bonds. The van der Waals surface area contributed by atoms with E-state index in [9.17, 15) is 4.79 Å². The van der Waals surface area contributed by atoms with Gasteiger partial charge in [0.15, 0.2) is 0 Å². The van der Waals surface area contributed by atoms with Gasteiger partial charge >= 0.3 is 0 Å². The highest BCUT2D eigenvalue weighted by atomic mass is 16.3. The first-order valence-electron chi connectivity index (χ1n) is 5.12. The second-order valence-corrected chi connectivity index (χ2v) is 4.56. The summed E-state index contributed by atoms with van der Waals surface area (Å²) in [6.45, 7) is 2.87. The minimum Gasteiger partial charge on any atom is -0.393 e. The lowest BCUT2D eigenvalue weighted by molar-refractivity contribution is -0.123. The largest absolute Gasteiger partial charge is 0.393 e. The van der Waals surface area contributed by atoms with Crippen molar-refractivity contribution in [3.05, 3.63) is 0 Å². The summed E-state index contributed by atoms with van der Waals surface area (Å²) < 4.78 is 0. The van der Waals surface area contributed by atoms with Crippen LogP contribution in [-0.4, -0.2) is 23.7 Å². The van der Waals surface area contributed by atoms with Gasteiger partial charge in [-0.15, -0.1) is 0 Å². The van der Waals surface area contributed by atoms with Gasteiger partial charge in [0.05, 0.1) is 6.10 Å². The highest BCUT2D eigenvalue weighted by molar-refractivity contribution is 5.81. The van der Waals surface area contributed by atoms with Crippen LogP contribution in [0, 0.1) is 17.8 Å². The van der Waals surface area contributed by atoms with Crippen molar-refractivity contribution in [2.75, 3.05) is 6.54 Å². The minimum atomic E-state index is -0.109. The Labute approximate surface area is 78.5 Å². The molecule has 3 nitrogen and oxygen atoms in total. The topological polar surface area (TPSA) is 49.3 Å². The standard InChI is InChI=1S/C10H17NO2/c1-6-2-9(6)10(13)11-5-7-3-8(12)4-7/h6-9,12H,2-5H2,1H3,(H,11,13). The molecule has 2 atom stereocenters. The molecule has 0 aliphatic heterocycles. The number of amides is 1. The van der Waals surface area contributed by atoms with Crippen molar-refractivity contribution < 1.29 is 9.90 Å². The van der Waals surface area contributed by atoms with Crippen molar-refractivity contribution in [3.63, 3.8) is 0 Å². The Bertz CT molecular complexity index is 211. The number of carbonyl (C=O) groups is 1. The van der Waals surface area contributed by atoms with Gasteiger partial charge in [-0.25, -0.2) is 0 Å². The van der Waals surface area contributed by atoms with E-state index in [1.165, 1.54) is 0 Å². The van der Waals surface area contributed by atoms with Crippen LogP contribution >= 0.6 is 0 Å². The number of aliphatic hydroxyl groups excluding tert-OH is 1. The van der Waals surface area contributed by atoms with Crippen molar-refractivity contribution in [2.45, 2.75) is 32.3 Å². The molecule has 3 heteroatoms. The summed E-state index contributed by atoms with van der Waals surface area (Å²) in [7, 11) is 0. The van der Waals surface area contributed by atoms with Crippen molar-refractivity contribution in [3.8, 4) is 0 Å². The van der Waals surface area contributed by atoms with Crippen molar-refractivity contribution in [1.29, 1.82) is 0 Å². The van der Waals surface area contributed by atoms with Crippen LogP contribution in [0.15, 0.2) is 0 Å². The fourth-order valence-electron chi connectivity index (χ4n) is 1.93. The highest BCUT2D eigenvalue weighted by Crippen LogP contribution is 2.37. The molecule has 0 spiro atoms. The summed E-state index contributed by atoms with van der Waals surface area (Å²) in [5, 5.41) is 12.0. The molecule has 0 aromatic heterocycles. The van der Waals surface area contributed by atoms with Gasteiger partial charge in [-0.2, -0.15) is 0 Å². The molecule has 0 saturated heterocycles. The number of nitrogens with one attached hydrogen (secondary N) is 1. The lowest BCUT2D eigenvalue weighted by Gasteiger charge is -2.31. The summed E-state index contributed by atoms with van der Waals surface area (Å²) in [6.07, 6.45) is 2.67. The second-order valence-electron chi connectivity index (χ2n) is 4.56. The zero-order valence-electron chi connectivity index (χ0n) is 7.99. The maximum absolute atomic E-state index is 11.4. The van der Waals surface area contributed by atoms with Gasteiger partial charge in [-0.1, -0.05) is 6.92 Å². The van der Waals surface area contributed by atoms with E-state index >= 15 is 0 Å². The Balaban J connectivity index is 1.60. The van der Waals surface area contributed by atoms with Crippen molar-refractivity contribution in [1.82, 2.24) is 5.32 Å². The van der Waals surface area contributed by atoms with E-state index in [2.05, 4.69) is 12.2 Å². The average molecular weight is 183 g/mol. The maximum atomic E-state index is 11.4. The normalized spacial score (nSPS) is 42.3. The fourth-order valence-corrected chi connectivity index (χ4v) is 1.93. The second kappa shape index (κ2) is 3.29. The van der Waals surface area contributed by atoms with Crippen LogP contribution in [0.2, 0.25) is 0 Å². The van der Waals surface area contributed by atoms with Crippen molar-refractivity contribution >= 4 is 5.91 Å². The van der Waals surface area contributed by atoms with E-state index < -0.39 is 0 Å². The van der Waals surface area contributed by atoms with Crippen LogP contribution in [0.4, 0.5) is 0 Å². The first-order valence-corrected chi connectivity index (χ1v) is 5.12. The molecule has 13 heavy (non-hydrogen) atoms. The Kier molecular flexibility index (Phi) is 2.28. The Morgan fingerprint density at radius 2 is 2.08 bits per heavy atom. The van der Waals surface area contributed by atoms with Gasteiger partial charge in [0.25, 0.3) is 0 Å². The quantitative estimate of drug-likeness (QED) is 0.670. The van der Waals surface area contributed by atoms with E-state index in [0.29, 0.717) is 11.8 Å². The molecule has 2 aliphatic rings. The van der Waals surface area contributed by atoms with Gasteiger partial charge < -0.3 is 10.4 Å². The lowest BCUT2D eigenvalue weighted by atomic mass is 9.82.